The summed E-state index contributed by atoms with van der Waals surface area (Å²) in [7, 11) is 0. The maximum Gasteiger partial charge on any atom is 0.0373 e. The maximum atomic E-state index is 5.68. The molecule has 112 valence electrons. The molecule has 0 aliphatic heterocycles. The summed E-state index contributed by atoms with van der Waals surface area (Å²) in [5, 5.41) is 0. The van der Waals surface area contributed by atoms with Crippen LogP contribution in [-0.2, 0) is 0 Å². The Balaban J connectivity index is 0. The molecule has 0 spiro atoms. The number of rotatable bonds is 0. The number of halogens is 2. The fraction of sp³-hybridized carbons (Fsp3) is 0.250. The molecular weight excluding hydrogens is 380 g/mol. The monoisotopic (exact) mass is 402 g/mol. The number of anilines is 2. The van der Waals surface area contributed by atoms with Crippen LogP contribution in [0.3, 0.4) is 0 Å². The van der Waals surface area contributed by atoms with E-state index >= 15 is 0 Å². The minimum absolute atomic E-state index is 0. The van der Waals surface area contributed by atoms with Gasteiger partial charge < -0.3 is 11.5 Å². The minimum atomic E-state index is 0. The van der Waals surface area contributed by atoms with Crippen molar-refractivity contribution in [2.75, 3.05) is 11.5 Å². The molecule has 20 heavy (non-hydrogen) atoms. The quantitative estimate of drug-likeness (QED) is 0.612. The normalized spacial score (nSPS) is 8.60. The van der Waals surface area contributed by atoms with Gasteiger partial charge in [-0.3, -0.25) is 0 Å². The van der Waals surface area contributed by atoms with Gasteiger partial charge in [-0.1, -0.05) is 36.4 Å². The van der Waals surface area contributed by atoms with Gasteiger partial charge in [-0.05, 0) is 49.9 Å². The smallest absolute Gasteiger partial charge is 0.0373 e. The number of hydrogen-bond donors (Lipinski definition) is 2. The fourth-order valence-corrected chi connectivity index (χ4v) is 1.65. The van der Waals surface area contributed by atoms with Gasteiger partial charge in [0.05, 0.1) is 0 Å². The number of nitrogens with two attached hydrogens (primary N) is 2. The molecule has 2 aromatic carbocycles. The number of hydrogen-bond acceptors (Lipinski definition) is 2. The van der Waals surface area contributed by atoms with Crippen molar-refractivity contribution in [3.05, 3.63) is 58.7 Å². The molecule has 2 rings (SSSR count). The molecule has 0 aliphatic rings. The molecule has 0 aliphatic carbocycles. The maximum absolute atomic E-state index is 5.68. The van der Waals surface area contributed by atoms with Crippen LogP contribution in [0.2, 0.25) is 0 Å². The Morgan fingerprint density at radius 1 is 0.550 bits per heavy atom. The molecule has 0 unspecified atom stereocenters. The molecule has 0 saturated carbocycles. The van der Waals surface area contributed by atoms with Crippen LogP contribution in [0.5, 0.6) is 0 Å². The summed E-state index contributed by atoms with van der Waals surface area (Å²) in [5.74, 6) is 0. The van der Waals surface area contributed by atoms with E-state index < -0.39 is 0 Å². The second-order valence-corrected chi connectivity index (χ2v) is 4.61. The first-order valence-corrected chi connectivity index (χ1v) is 6.07. The Morgan fingerprint density at radius 2 is 0.750 bits per heavy atom. The summed E-state index contributed by atoms with van der Waals surface area (Å²) < 4.78 is 0. The average Bonchev–Trinajstić information content (AvgIpc) is 2.34. The van der Waals surface area contributed by atoms with Crippen molar-refractivity contribution >= 4 is 45.3 Å². The van der Waals surface area contributed by atoms with Crippen LogP contribution in [0, 0.1) is 27.7 Å². The van der Waals surface area contributed by atoms with E-state index in [0.717, 1.165) is 33.6 Å². The first kappa shape index (κ1) is 21.3. The van der Waals surface area contributed by atoms with E-state index in [4.69, 9.17) is 11.5 Å². The predicted octanol–water partition coefficient (Wildman–Crippen LogP) is 4.93. The molecule has 0 aromatic heterocycles. The van der Waals surface area contributed by atoms with Gasteiger partial charge in [-0.15, -0.1) is 34.0 Å². The molecule has 0 radical (unpaired) electrons. The highest BCUT2D eigenvalue weighted by atomic mass is 79.9. The van der Waals surface area contributed by atoms with Crippen molar-refractivity contribution in [1.82, 2.24) is 0 Å². The average molecular weight is 404 g/mol. The highest BCUT2D eigenvalue weighted by Crippen LogP contribution is 2.14. The van der Waals surface area contributed by atoms with E-state index in [9.17, 15) is 0 Å². The zero-order valence-corrected chi connectivity index (χ0v) is 15.9. The Labute approximate surface area is 143 Å². The molecule has 2 nitrogen and oxygen atoms in total. The van der Waals surface area contributed by atoms with E-state index in [1.807, 2.05) is 64.1 Å². The zero-order valence-electron chi connectivity index (χ0n) is 12.4. The second-order valence-electron chi connectivity index (χ2n) is 4.61. The molecule has 0 fully saturated rings. The van der Waals surface area contributed by atoms with Gasteiger partial charge in [0.15, 0.2) is 0 Å². The second kappa shape index (κ2) is 9.83. The lowest BCUT2D eigenvalue weighted by molar-refractivity contribution is 1.39. The van der Waals surface area contributed by atoms with Gasteiger partial charge in [0.2, 0.25) is 0 Å². The van der Waals surface area contributed by atoms with E-state index in [0.29, 0.717) is 0 Å². The van der Waals surface area contributed by atoms with Crippen molar-refractivity contribution in [3.8, 4) is 0 Å². The van der Waals surface area contributed by atoms with Crippen LogP contribution in [0.25, 0.3) is 0 Å². The largest absolute Gasteiger partial charge is 0.398 e. The Kier molecular flexibility index (Phi) is 10.5. The molecule has 0 saturated heterocycles. The highest BCUT2D eigenvalue weighted by Gasteiger charge is 1.93. The zero-order chi connectivity index (χ0) is 13.7. The lowest BCUT2D eigenvalue weighted by Gasteiger charge is -2.00. The predicted molar refractivity (Wildman–Crippen MR) is 101 cm³/mol. The standard InChI is InChI=1S/2C8H11N.2BrH/c2*1-6-4-3-5-7(2)8(6)9;;/h2*3-5H,9H2,1-2H3;2*1H. The van der Waals surface area contributed by atoms with Crippen molar-refractivity contribution < 1.29 is 0 Å². The molecule has 0 bridgehead atoms. The summed E-state index contributed by atoms with van der Waals surface area (Å²) in [4.78, 5) is 0. The van der Waals surface area contributed by atoms with Crippen LogP contribution in [-0.4, -0.2) is 0 Å². The molecule has 0 heterocycles. The summed E-state index contributed by atoms with van der Waals surface area (Å²) in [6.45, 7) is 8.06. The molecule has 2 aromatic rings. The Morgan fingerprint density at radius 3 is 0.900 bits per heavy atom. The van der Waals surface area contributed by atoms with Crippen molar-refractivity contribution in [3.63, 3.8) is 0 Å². The number of aryl methyl sites for hydroxylation is 4. The van der Waals surface area contributed by atoms with Crippen LogP contribution in [0.15, 0.2) is 36.4 Å². The van der Waals surface area contributed by atoms with Gasteiger partial charge in [-0.2, -0.15) is 0 Å². The van der Waals surface area contributed by atoms with Gasteiger partial charge in [-0.25, -0.2) is 0 Å². The SMILES string of the molecule is Br.Br.Cc1cccc(C)c1N.Cc1cccc(C)c1N. The van der Waals surface area contributed by atoms with Crippen molar-refractivity contribution in [1.29, 1.82) is 0 Å². The summed E-state index contributed by atoms with van der Waals surface area (Å²) in [6.07, 6.45) is 0. The van der Waals surface area contributed by atoms with Crippen LogP contribution < -0.4 is 11.5 Å². The molecular formula is C16H24Br2N2. The first-order chi connectivity index (χ1) is 8.43. The first-order valence-electron chi connectivity index (χ1n) is 6.07. The lowest BCUT2D eigenvalue weighted by Crippen LogP contribution is -1.91. The summed E-state index contributed by atoms with van der Waals surface area (Å²) in [5.41, 5.74) is 17.8. The van der Waals surface area contributed by atoms with Crippen molar-refractivity contribution in [2.45, 2.75) is 27.7 Å². The Hall–Kier alpha value is -1.00. The topological polar surface area (TPSA) is 52.0 Å². The van der Waals surface area contributed by atoms with Gasteiger partial charge in [0, 0.05) is 11.4 Å². The fourth-order valence-electron chi connectivity index (χ4n) is 1.65. The Bertz CT molecular complexity index is 450. The molecule has 4 N–H and O–H groups in total. The van der Waals surface area contributed by atoms with Gasteiger partial charge in [0.25, 0.3) is 0 Å². The molecule has 0 atom stereocenters. The van der Waals surface area contributed by atoms with E-state index in [1.165, 1.54) is 0 Å². The minimum Gasteiger partial charge on any atom is -0.398 e. The molecule has 0 amide bonds. The van der Waals surface area contributed by atoms with Crippen LogP contribution in [0.4, 0.5) is 11.4 Å². The third-order valence-electron chi connectivity index (χ3n) is 3.08. The van der Waals surface area contributed by atoms with E-state index in [-0.39, 0.29) is 34.0 Å². The lowest BCUT2D eigenvalue weighted by atomic mass is 10.1. The third kappa shape index (κ3) is 5.97. The molecule has 4 heteroatoms. The van der Waals surface area contributed by atoms with E-state index in [2.05, 4.69) is 0 Å². The van der Waals surface area contributed by atoms with Crippen LogP contribution >= 0.6 is 34.0 Å². The number of nitrogen functional groups attached to an aromatic ring is 2. The van der Waals surface area contributed by atoms with Crippen LogP contribution in [0.1, 0.15) is 22.3 Å². The van der Waals surface area contributed by atoms with Gasteiger partial charge >= 0.3 is 0 Å². The van der Waals surface area contributed by atoms with Gasteiger partial charge in [0.1, 0.15) is 0 Å². The summed E-state index contributed by atoms with van der Waals surface area (Å²) >= 11 is 0. The van der Waals surface area contributed by atoms with Crippen molar-refractivity contribution in [2.24, 2.45) is 0 Å². The number of benzene rings is 2. The number of para-hydroxylation sites is 2. The summed E-state index contributed by atoms with van der Waals surface area (Å²) in [6, 6.07) is 12.1. The third-order valence-corrected chi connectivity index (χ3v) is 3.08. The highest BCUT2D eigenvalue weighted by molar-refractivity contribution is 8.93. The van der Waals surface area contributed by atoms with E-state index in [1.54, 1.807) is 0 Å².